The smallest absolute Gasteiger partial charge is 0.119 e. The summed E-state index contributed by atoms with van der Waals surface area (Å²) in [5.74, 6) is 6.25. The molecular weight excluding hydrogens is 204 g/mol. The van der Waals surface area contributed by atoms with E-state index < -0.39 is 0 Å². The monoisotopic (exact) mass is 224 g/mol. The Kier molecular flexibility index (Phi) is 6.56. The van der Waals surface area contributed by atoms with Crippen LogP contribution < -0.4 is 16.0 Å². The fourth-order valence-corrected chi connectivity index (χ4v) is 1.23. The van der Waals surface area contributed by atoms with Crippen molar-refractivity contribution in [2.24, 2.45) is 5.84 Å². The molecule has 0 spiro atoms. The van der Waals surface area contributed by atoms with Crippen molar-refractivity contribution in [2.45, 2.75) is 19.4 Å². The van der Waals surface area contributed by atoms with Gasteiger partial charge >= 0.3 is 0 Å². The van der Waals surface area contributed by atoms with Gasteiger partial charge in [0.1, 0.15) is 12.4 Å². The van der Waals surface area contributed by atoms with Gasteiger partial charge in [-0.2, -0.15) is 0 Å². The van der Waals surface area contributed by atoms with E-state index in [9.17, 15) is 0 Å². The molecule has 0 aliphatic rings. The summed E-state index contributed by atoms with van der Waals surface area (Å²) in [5.41, 5.74) is 2.68. The Bertz CT molecular complexity index is 267. The molecule has 4 heteroatoms. The summed E-state index contributed by atoms with van der Waals surface area (Å²) in [6.45, 7) is 3.90. The molecule has 0 fully saturated rings. The van der Waals surface area contributed by atoms with Crippen LogP contribution in [-0.4, -0.2) is 25.9 Å². The van der Waals surface area contributed by atoms with Gasteiger partial charge in [-0.05, 0) is 18.6 Å². The van der Waals surface area contributed by atoms with Gasteiger partial charge in [0.15, 0.2) is 0 Å². The summed E-state index contributed by atoms with van der Waals surface area (Å²) in [7, 11) is 0. The highest BCUT2D eigenvalue weighted by Gasteiger charge is 2.07. The van der Waals surface area contributed by atoms with Crippen LogP contribution in [0.15, 0.2) is 30.3 Å². The van der Waals surface area contributed by atoms with Gasteiger partial charge in [-0.25, -0.2) is 0 Å². The molecule has 1 unspecified atom stereocenters. The van der Waals surface area contributed by atoms with E-state index in [-0.39, 0.29) is 6.04 Å². The lowest BCUT2D eigenvalue weighted by Gasteiger charge is -2.16. The third kappa shape index (κ3) is 5.11. The Balaban J connectivity index is 2.23. The average Bonchev–Trinajstić information content (AvgIpc) is 2.35. The summed E-state index contributed by atoms with van der Waals surface area (Å²) in [4.78, 5) is 0. The molecule has 90 valence electrons. The highest BCUT2D eigenvalue weighted by atomic mass is 16.5. The number of hydrogen-bond acceptors (Lipinski definition) is 4. The van der Waals surface area contributed by atoms with Crippen molar-refractivity contribution < 1.29 is 9.47 Å². The molecule has 0 aliphatic carbocycles. The Labute approximate surface area is 96.7 Å². The number of nitrogens with two attached hydrogens (primary N) is 1. The maximum absolute atomic E-state index is 5.57. The van der Waals surface area contributed by atoms with E-state index >= 15 is 0 Å². The van der Waals surface area contributed by atoms with Crippen LogP contribution in [0.1, 0.15) is 13.3 Å². The molecule has 3 N–H and O–H groups in total. The van der Waals surface area contributed by atoms with E-state index in [2.05, 4.69) is 12.3 Å². The molecule has 4 nitrogen and oxygen atoms in total. The van der Waals surface area contributed by atoms with Gasteiger partial charge in [0.25, 0.3) is 0 Å². The van der Waals surface area contributed by atoms with Crippen molar-refractivity contribution in [1.29, 1.82) is 0 Å². The third-order valence-electron chi connectivity index (χ3n) is 2.10. The normalized spacial score (nSPS) is 12.4. The highest BCUT2D eigenvalue weighted by Crippen LogP contribution is 2.08. The lowest BCUT2D eigenvalue weighted by atomic mass is 10.3. The van der Waals surface area contributed by atoms with E-state index in [1.807, 2.05) is 30.3 Å². The van der Waals surface area contributed by atoms with Gasteiger partial charge in [-0.15, -0.1) is 0 Å². The second-order valence-corrected chi connectivity index (χ2v) is 3.56. The number of hydrogen-bond donors (Lipinski definition) is 2. The van der Waals surface area contributed by atoms with Crippen LogP contribution in [0.2, 0.25) is 0 Å². The molecule has 1 rings (SSSR count). The van der Waals surface area contributed by atoms with Crippen molar-refractivity contribution in [1.82, 2.24) is 5.43 Å². The average molecular weight is 224 g/mol. The maximum Gasteiger partial charge on any atom is 0.119 e. The topological polar surface area (TPSA) is 56.5 Å². The molecule has 0 saturated heterocycles. The zero-order valence-electron chi connectivity index (χ0n) is 9.69. The Morgan fingerprint density at radius 2 is 2.00 bits per heavy atom. The predicted molar refractivity (Wildman–Crippen MR) is 64.2 cm³/mol. The zero-order chi connectivity index (χ0) is 11.6. The van der Waals surface area contributed by atoms with Crippen LogP contribution >= 0.6 is 0 Å². The summed E-state index contributed by atoms with van der Waals surface area (Å²) >= 11 is 0. The zero-order valence-corrected chi connectivity index (χ0v) is 9.69. The van der Waals surface area contributed by atoms with Crippen LogP contribution in [-0.2, 0) is 4.74 Å². The number of ether oxygens (including phenoxy) is 2. The van der Waals surface area contributed by atoms with Gasteiger partial charge in [0.05, 0.1) is 12.6 Å². The summed E-state index contributed by atoms with van der Waals surface area (Å²) < 4.78 is 11.0. The van der Waals surface area contributed by atoms with Gasteiger partial charge < -0.3 is 9.47 Å². The minimum absolute atomic E-state index is 0.0201. The first kappa shape index (κ1) is 13.0. The molecule has 1 aromatic carbocycles. The largest absolute Gasteiger partial charge is 0.492 e. The van der Waals surface area contributed by atoms with Crippen molar-refractivity contribution in [3.05, 3.63) is 30.3 Å². The predicted octanol–water partition coefficient (Wildman–Crippen LogP) is 1.32. The van der Waals surface area contributed by atoms with Crippen LogP contribution in [0, 0.1) is 0 Å². The van der Waals surface area contributed by atoms with Crippen molar-refractivity contribution >= 4 is 0 Å². The van der Waals surface area contributed by atoms with Gasteiger partial charge in [-0.1, -0.05) is 25.1 Å². The van der Waals surface area contributed by atoms with Crippen molar-refractivity contribution in [3.63, 3.8) is 0 Å². The van der Waals surface area contributed by atoms with Gasteiger partial charge in [-0.3, -0.25) is 11.3 Å². The molecule has 0 saturated carbocycles. The van der Waals surface area contributed by atoms with Crippen molar-refractivity contribution in [2.75, 3.05) is 19.8 Å². The van der Waals surface area contributed by atoms with Gasteiger partial charge in [0, 0.05) is 6.61 Å². The first-order valence-electron chi connectivity index (χ1n) is 5.58. The molecule has 0 aliphatic heterocycles. The van der Waals surface area contributed by atoms with Gasteiger partial charge in [0.2, 0.25) is 0 Å². The van der Waals surface area contributed by atoms with E-state index in [0.29, 0.717) is 13.2 Å². The minimum atomic E-state index is 0.0201. The van der Waals surface area contributed by atoms with Crippen LogP contribution in [0.4, 0.5) is 0 Å². The van der Waals surface area contributed by atoms with Crippen molar-refractivity contribution in [3.8, 4) is 5.75 Å². The quantitative estimate of drug-likeness (QED) is 0.397. The molecule has 0 radical (unpaired) electrons. The van der Waals surface area contributed by atoms with Crippen LogP contribution in [0.5, 0.6) is 5.75 Å². The Morgan fingerprint density at radius 3 is 2.62 bits per heavy atom. The van der Waals surface area contributed by atoms with E-state index in [0.717, 1.165) is 18.8 Å². The summed E-state index contributed by atoms with van der Waals surface area (Å²) in [5, 5.41) is 0. The van der Waals surface area contributed by atoms with E-state index in [4.69, 9.17) is 15.3 Å². The number of rotatable bonds is 8. The lowest BCUT2D eigenvalue weighted by molar-refractivity contribution is 0.0938. The lowest BCUT2D eigenvalue weighted by Crippen LogP contribution is -2.43. The fraction of sp³-hybridized carbons (Fsp3) is 0.500. The molecule has 16 heavy (non-hydrogen) atoms. The first-order valence-corrected chi connectivity index (χ1v) is 5.58. The molecular formula is C12H20N2O2. The first-order chi connectivity index (χ1) is 7.86. The number of para-hydroxylation sites is 1. The molecule has 0 amide bonds. The standard InChI is InChI=1S/C12H20N2O2/c1-2-8-15-9-11(14-13)10-16-12-6-4-3-5-7-12/h3-7,11,14H,2,8-10,13H2,1H3. The Morgan fingerprint density at radius 1 is 1.25 bits per heavy atom. The summed E-state index contributed by atoms with van der Waals surface area (Å²) in [6, 6.07) is 9.69. The minimum Gasteiger partial charge on any atom is -0.492 e. The fourth-order valence-electron chi connectivity index (χ4n) is 1.23. The second-order valence-electron chi connectivity index (χ2n) is 3.56. The van der Waals surface area contributed by atoms with Crippen LogP contribution in [0.3, 0.4) is 0 Å². The Hall–Kier alpha value is -1.10. The second kappa shape index (κ2) is 8.10. The molecule has 1 aromatic rings. The van der Waals surface area contributed by atoms with E-state index in [1.54, 1.807) is 0 Å². The molecule has 1 atom stereocenters. The highest BCUT2D eigenvalue weighted by molar-refractivity contribution is 5.20. The number of benzene rings is 1. The number of nitrogens with one attached hydrogen (secondary N) is 1. The molecule has 0 bridgehead atoms. The van der Waals surface area contributed by atoms with Crippen LogP contribution in [0.25, 0.3) is 0 Å². The maximum atomic E-state index is 5.57. The summed E-state index contributed by atoms with van der Waals surface area (Å²) in [6.07, 6.45) is 1.01. The molecule has 0 heterocycles. The van der Waals surface area contributed by atoms with E-state index in [1.165, 1.54) is 0 Å². The SMILES string of the molecule is CCCOCC(COc1ccccc1)NN. The number of hydrazine groups is 1. The third-order valence-corrected chi connectivity index (χ3v) is 2.10. The molecule has 0 aromatic heterocycles.